The van der Waals surface area contributed by atoms with E-state index in [9.17, 15) is 4.79 Å². The molecular weight excluding hydrogens is 332 g/mol. The predicted octanol–water partition coefficient (Wildman–Crippen LogP) is 2.83. The molecule has 0 spiro atoms. The zero-order valence-corrected chi connectivity index (χ0v) is 15.1. The predicted molar refractivity (Wildman–Crippen MR) is 101 cm³/mol. The maximum Gasteiger partial charge on any atom is 0.241 e. The Balaban J connectivity index is 1.79. The van der Waals surface area contributed by atoms with Gasteiger partial charge in [0, 0.05) is 23.7 Å². The first kappa shape index (κ1) is 16.5. The molecule has 0 aromatic heterocycles. The highest BCUT2D eigenvalue weighted by Gasteiger charge is 2.37. The van der Waals surface area contributed by atoms with Gasteiger partial charge in [0.15, 0.2) is 0 Å². The van der Waals surface area contributed by atoms with E-state index in [1.807, 2.05) is 23.1 Å². The van der Waals surface area contributed by atoms with Crippen LogP contribution in [-0.2, 0) is 11.2 Å². The minimum atomic E-state index is -0.0963. The number of fused-ring (bicyclic) bond motifs is 1. The molecule has 4 nitrogen and oxygen atoms in total. The number of hydrogen-bond acceptors (Lipinski definition) is 4. The Bertz CT molecular complexity index is 774. The highest BCUT2D eigenvalue weighted by molar-refractivity contribution is 7.99. The Kier molecular flexibility index (Phi) is 4.68. The second kappa shape index (κ2) is 7.10. The van der Waals surface area contributed by atoms with Crippen LogP contribution in [0.2, 0.25) is 0 Å². The molecule has 1 N–H and O–H groups in total. The van der Waals surface area contributed by atoms with Gasteiger partial charge in [0.2, 0.25) is 5.91 Å². The molecule has 0 bridgehead atoms. The molecule has 2 atom stereocenters. The van der Waals surface area contributed by atoms with Crippen LogP contribution in [0, 0.1) is 0 Å². The number of methoxy groups -OCH3 is 1. The van der Waals surface area contributed by atoms with Gasteiger partial charge in [-0.2, -0.15) is 0 Å². The first-order valence-electron chi connectivity index (χ1n) is 8.62. The van der Waals surface area contributed by atoms with Gasteiger partial charge in [-0.3, -0.25) is 10.1 Å². The second-order valence-corrected chi connectivity index (χ2v) is 7.43. The van der Waals surface area contributed by atoms with Crippen LogP contribution in [0.15, 0.2) is 48.5 Å². The minimum Gasteiger partial charge on any atom is -0.496 e. The van der Waals surface area contributed by atoms with Crippen molar-refractivity contribution in [3.63, 3.8) is 0 Å². The van der Waals surface area contributed by atoms with Crippen molar-refractivity contribution < 1.29 is 9.53 Å². The molecule has 2 aromatic carbocycles. The molecular formula is C20H22N2O2S. The number of thioether (sulfide) groups is 1. The number of rotatable bonds is 3. The largest absolute Gasteiger partial charge is 0.496 e. The molecule has 4 rings (SSSR count). The standard InChI is InChI=1S/C20H22N2O2S/c1-24-18-9-5-4-8-16(18)19-15-7-3-2-6-14(15)10-11-22(19)20(23)17-12-25-13-21-17/h2-9,17,19,21H,10-13H2,1H3. The molecule has 1 amide bonds. The smallest absolute Gasteiger partial charge is 0.241 e. The van der Waals surface area contributed by atoms with E-state index in [0.717, 1.165) is 35.9 Å². The highest BCUT2D eigenvalue weighted by atomic mass is 32.2. The summed E-state index contributed by atoms with van der Waals surface area (Å²) in [5, 5.41) is 3.32. The Morgan fingerprint density at radius 3 is 2.68 bits per heavy atom. The summed E-state index contributed by atoms with van der Waals surface area (Å²) in [5.74, 6) is 2.71. The number of carbonyl (C=O) groups excluding carboxylic acids is 1. The number of carbonyl (C=O) groups is 1. The van der Waals surface area contributed by atoms with E-state index in [2.05, 4.69) is 35.6 Å². The van der Waals surface area contributed by atoms with E-state index in [0.29, 0.717) is 0 Å². The number of nitrogens with one attached hydrogen (secondary N) is 1. The second-order valence-electron chi connectivity index (χ2n) is 6.40. The van der Waals surface area contributed by atoms with Gasteiger partial charge < -0.3 is 9.64 Å². The van der Waals surface area contributed by atoms with Gasteiger partial charge in [0.25, 0.3) is 0 Å². The highest BCUT2D eigenvalue weighted by Crippen LogP contribution is 2.39. The van der Waals surface area contributed by atoms with Crippen molar-refractivity contribution in [1.29, 1.82) is 0 Å². The summed E-state index contributed by atoms with van der Waals surface area (Å²) in [6.45, 7) is 0.738. The Hall–Kier alpha value is -1.98. The van der Waals surface area contributed by atoms with Gasteiger partial charge in [-0.05, 0) is 23.6 Å². The quantitative estimate of drug-likeness (QED) is 0.920. The van der Waals surface area contributed by atoms with Gasteiger partial charge in [-0.1, -0.05) is 42.5 Å². The lowest BCUT2D eigenvalue weighted by Gasteiger charge is -2.39. The summed E-state index contributed by atoms with van der Waals surface area (Å²) < 4.78 is 5.61. The Morgan fingerprint density at radius 1 is 1.16 bits per heavy atom. The lowest BCUT2D eigenvalue weighted by atomic mass is 9.87. The van der Waals surface area contributed by atoms with E-state index in [1.165, 1.54) is 11.1 Å². The summed E-state index contributed by atoms with van der Waals surface area (Å²) in [5.41, 5.74) is 3.57. The van der Waals surface area contributed by atoms with Crippen molar-refractivity contribution in [2.45, 2.75) is 18.5 Å². The molecule has 1 fully saturated rings. The zero-order valence-electron chi connectivity index (χ0n) is 14.3. The lowest BCUT2D eigenvalue weighted by Crippen LogP contribution is -2.49. The molecule has 5 heteroatoms. The van der Waals surface area contributed by atoms with E-state index >= 15 is 0 Å². The summed E-state index contributed by atoms with van der Waals surface area (Å²) in [6, 6.07) is 16.3. The van der Waals surface area contributed by atoms with Crippen molar-refractivity contribution in [3.8, 4) is 5.75 Å². The van der Waals surface area contributed by atoms with Gasteiger partial charge in [-0.25, -0.2) is 0 Å². The van der Waals surface area contributed by atoms with Crippen LogP contribution in [0.25, 0.3) is 0 Å². The molecule has 2 heterocycles. The number of amides is 1. The van der Waals surface area contributed by atoms with E-state index in [-0.39, 0.29) is 18.0 Å². The van der Waals surface area contributed by atoms with Crippen LogP contribution in [0.3, 0.4) is 0 Å². The first-order chi connectivity index (χ1) is 12.3. The lowest BCUT2D eigenvalue weighted by molar-refractivity contribution is -0.134. The van der Waals surface area contributed by atoms with E-state index in [4.69, 9.17) is 4.74 Å². The maximum atomic E-state index is 13.2. The minimum absolute atomic E-state index is 0.0903. The third kappa shape index (κ3) is 3.02. The SMILES string of the molecule is COc1ccccc1C1c2ccccc2CCN1C(=O)C1CSCN1. The van der Waals surface area contributed by atoms with Crippen LogP contribution in [0.4, 0.5) is 0 Å². The number of nitrogens with zero attached hydrogens (tertiary/aromatic N) is 1. The summed E-state index contributed by atoms with van der Waals surface area (Å²) in [6.07, 6.45) is 0.896. The summed E-state index contributed by atoms with van der Waals surface area (Å²) in [4.78, 5) is 15.2. The van der Waals surface area contributed by atoms with Crippen LogP contribution in [0.1, 0.15) is 22.7 Å². The fourth-order valence-electron chi connectivity index (χ4n) is 3.79. The van der Waals surface area contributed by atoms with Crippen molar-refractivity contribution in [1.82, 2.24) is 10.2 Å². The molecule has 0 radical (unpaired) electrons. The topological polar surface area (TPSA) is 41.6 Å². The molecule has 1 saturated heterocycles. The van der Waals surface area contributed by atoms with Crippen LogP contribution in [-0.4, -0.2) is 42.1 Å². The first-order valence-corrected chi connectivity index (χ1v) is 9.77. The zero-order chi connectivity index (χ0) is 17.2. The average molecular weight is 354 g/mol. The number of hydrogen-bond donors (Lipinski definition) is 1. The molecule has 2 aromatic rings. The fraction of sp³-hybridized carbons (Fsp3) is 0.350. The third-order valence-corrected chi connectivity index (χ3v) is 5.95. The molecule has 0 saturated carbocycles. The van der Waals surface area contributed by atoms with Crippen molar-refractivity contribution in [3.05, 3.63) is 65.2 Å². The van der Waals surface area contributed by atoms with Crippen LogP contribution in [0.5, 0.6) is 5.75 Å². The van der Waals surface area contributed by atoms with E-state index in [1.54, 1.807) is 18.9 Å². The normalized spacial score (nSPS) is 22.5. The van der Waals surface area contributed by atoms with E-state index < -0.39 is 0 Å². The number of ether oxygens (including phenoxy) is 1. The van der Waals surface area contributed by atoms with Crippen LogP contribution < -0.4 is 10.1 Å². The van der Waals surface area contributed by atoms with Gasteiger partial charge in [-0.15, -0.1) is 11.8 Å². The summed E-state index contributed by atoms with van der Waals surface area (Å²) >= 11 is 1.78. The van der Waals surface area contributed by atoms with Crippen molar-refractivity contribution in [2.75, 3.05) is 25.3 Å². The molecule has 2 aliphatic heterocycles. The summed E-state index contributed by atoms with van der Waals surface area (Å²) in [7, 11) is 1.69. The maximum absolute atomic E-state index is 13.2. The molecule has 25 heavy (non-hydrogen) atoms. The number of benzene rings is 2. The fourth-order valence-corrected chi connectivity index (χ4v) is 4.72. The van der Waals surface area contributed by atoms with Gasteiger partial charge in [0.05, 0.1) is 19.2 Å². The van der Waals surface area contributed by atoms with Gasteiger partial charge in [0.1, 0.15) is 5.75 Å². The Morgan fingerprint density at radius 2 is 1.92 bits per heavy atom. The molecule has 130 valence electrons. The Labute approximate surface area is 152 Å². The van der Waals surface area contributed by atoms with Crippen LogP contribution >= 0.6 is 11.8 Å². The monoisotopic (exact) mass is 354 g/mol. The molecule has 2 unspecified atom stereocenters. The average Bonchev–Trinajstić information content (AvgIpc) is 3.21. The van der Waals surface area contributed by atoms with Gasteiger partial charge >= 0.3 is 0 Å². The molecule has 0 aliphatic carbocycles. The van der Waals surface area contributed by atoms with Crippen molar-refractivity contribution in [2.24, 2.45) is 0 Å². The molecule has 2 aliphatic rings. The van der Waals surface area contributed by atoms with Crippen molar-refractivity contribution >= 4 is 17.7 Å². The number of para-hydroxylation sites is 1. The third-order valence-electron chi connectivity index (χ3n) is 5.01.